The molecule has 17 heavy (non-hydrogen) atoms. The highest BCUT2D eigenvalue weighted by Gasteiger charge is 2.38. The summed E-state index contributed by atoms with van der Waals surface area (Å²) in [6.45, 7) is 2.49. The molecular formula is C12H21N3O2. The molecule has 2 rings (SSSR count). The summed E-state index contributed by atoms with van der Waals surface area (Å²) in [5.41, 5.74) is 5.83. The fourth-order valence-corrected chi connectivity index (χ4v) is 2.45. The van der Waals surface area contributed by atoms with E-state index in [0.717, 1.165) is 12.8 Å². The van der Waals surface area contributed by atoms with Gasteiger partial charge in [-0.3, -0.25) is 0 Å². The normalized spacial score (nSPS) is 21.4. The highest BCUT2D eigenvalue weighted by atomic mass is 16.5. The van der Waals surface area contributed by atoms with E-state index >= 15 is 0 Å². The van der Waals surface area contributed by atoms with E-state index in [0.29, 0.717) is 18.3 Å². The Morgan fingerprint density at radius 3 is 2.71 bits per heavy atom. The van der Waals surface area contributed by atoms with Crippen LogP contribution in [-0.2, 0) is 10.2 Å². The maximum atomic E-state index is 5.93. The van der Waals surface area contributed by atoms with Crippen LogP contribution < -0.4 is 5.73 Å². The minimum atomic E-state index is -0.133. The van der Waals surface area contributed by atoms with Crippen LogP contribution in [0.15, 0.2) is 4.52 Å². The van der Waals surface area contributed by atoms with Crippen molar-refractivity contribution in [1.29, 1.82) is 0 Å². The molecule has 1 aliphatic rings. The van der Waals surface area contributed by atoms with E-state index in [9.17, 15) is 0 Å². The van der Waals surface area contributed by atoms with Gasteiger partial charge in [-0.25, -0.2) is 0 Å². The Morgan fingerprint density at radius 1 is 1.41 bits per heavy atom. The number of hydrogen-bond acceptors (Lipinski definition) is 5. The van der Waals surface area contributed by atoms with Crippen molar-refractivity contribution in [1.82, 2.24) is 10.1 Å². The van der Waals surface area contributed by atoms with Gasteiger partial charge >= 0.3 is 0 Å². The minimum absolute atomic E-state index is 0.100. The standard InChI is InChI=1S/C12H21N3O2/c1-9(16-2)10-14-11(17-15-10)12(8-13)6-4-3-5-7-12/h9H,3-8,13H2,1-2H3. The predicted octanol–water partition coefficient (Wildman–Crippen LogP) is 1.94. The number of nitrogens with zero attached hydrogens (tertiary/aromatic N) is 2. The fourth-order valence-electron chi connectivity index (χ4n) is 2.45. The number of methoxy groups -OCH3 is 1. The van der Waals surface area contributed by atoms with Gasteiger partial charge in [0.05, 0.1) is 5.41 Å². The summed E-state index contributed by atoms with van der Waals surface area (Å²) in [7, 11) is 1.64. The molecule has 96 valence electrons. The van der Waals surface area contributed by atoms with E-state index < -0.39 is 0 Å². The number of nitrogens with two attached hydrogens (primary N) is 1. The molecule has 0 spiro atoms. The zero-order chi connectivity index (χ0) is 12.3. The number of ether oxygens (including phenoxy) is 1. The fraction of sp³-hybridized carbons (Fsp3) is 0.833. The Labute approximate surface area is 102 Å². The molecule has 1 aromatic rings. The van der Waals surface area contributed by atoms with Crippen LogP contribution in [0.2, 0.25) is 0 Å². The second kappa shape index (κ2) is 5.14. The highest BCUT2D eigenvalue weighted by molar-refractivity contribution is 5.08. The maximum absolute atomic E-state index is 5.93. The maximum Gasteiger partial charge on any atom is 0.234 e. The molecule has 1 atom stereocenters. The van der Waals surface area contributed by atoms with Crippen molar-refractivity contribution in [3.63, 3.8) is 0 Å². The zero-order valence-corrected chi connectivity index (χ0v) is 10.6. The van der Waals surface area contributed by atoms with Gasteiger partial charge in [0, 0.05) is 13.7 Å². The summed E-state index contributed by atoms with van der Waals surface area (Å²) in [5, 5.41) is 3.99. The van der Waals surface area contributed by atoms with Crippen LogP contribution in [0.4, 0.5) is 0 Å². The Balaban J connectivity index is 2.22. The highest BCUT2D eigenvalue weighted by Crippen LogP contribution is 2.38. The second-order valence-corrected chi connectivity index (χ2v) is 4.88. The summed E-state index contributed by atoms with van der Waals surface area (Å²) in [4.78, 5) is 4.46. The summed E-state index contributed by atoms with van der Waals surface area (Å²) >= 11 is 0. The largest absolute Gasteiger partial charge is 0.374 e. The lowest BCUT2D eigenvalue weighted by molar-refractivity contribution is 0.109. The molecule has 0 aromatic carbocycles. The van der Waals surface area contributed by atoms with E-state index in [1.165, 1.54) is 19.3 Å². The molecule has 1 saturated carbocycles. The number of aromatic nitrogens is 2. The monoisotopic (exact) mass is 239 g/mol. The van der Waals surface area contributed by atoms with E-state index in [2.05, 4.69) is 10.1 Å². The zero-order valence-electron chi connectivity index (χ0n) is 10.6. The topological polar surface area (TPSA) is 74.2 Å². The molecule has 1 unspecified atom stereocenters. The molecular weight excluding hydrogens is 218 g/mol. The third kappa shape index (κ3) is 2.35. The summed E-state index contributed by atoms with van der Waals surface area (Å²) in [6, 6.07) is 0. The SMILES string of the molecule is COC(C)c1noc(C2(CN)CCCCC2)n1. The van der Waals surface area contributed by atoms with E-state index in [4.69, 9.17) is 15.0 Å². The van der Waals surface area contributed by atoms with Gasteiger partial charge in [-0.1, -0.05) is 24.4 Å². The smallest absolute Gasteiger partial charge is 0.234 e. The quantitative estimate of drug-likeness (QED) is 0.869. The van der Waals surface area contributed by atoms with Crippen LogP contribution in [0.1, 0.15) is 56.8 Å². The third-order valence-electron chi connectivity index (χ3n) is 3.81. The molecule has 5 nitrogen and oxygen atoms in total. The molecule has 0 amide bonds. The van der Waals surface area contributed by atoms with E-state index in [1.54, 1.807) is 7.11 Å². The second-order valence-electron chi connectivity index (χ2n) is 4.88. The van der Waals surface area contributed by atoms with Gasteiger partial charge in [-0.05, 0) is 19.8 Å². The van der Waals surface area contributed by atoms with Crippen molar-refractivity contribution < 1.29 is 9.26 Å². The van der Waals surface area contributed by atoms with Crippen LogP contribution in [0.25, 0.3) is 0 Å². The molecule has 1 heterocycles. The van der Waals surface area contributed by atoms with Crippen molar-refractivity contribution in [3.8, 4) is 0 Å². The molecule has 1 aromatic heterocycles. The summed E-state index contributed by atoms with van der Waals surface area (Å²) in [5.74, 6) is 1.31. The first-order valence-corrected chi connectivity index (χ1v) is 6.29. The van der Waals surface area contributed by atoms with Gasteiger partial charge in [0.15, 0.2) is 5.82 Å². The van der Waals surface area contributed by atoms with Crippen molar-refractivity contribution in [2.24, 2.45) is 5.73 Å². The van der Waals surface area contributed by atoms with Crippen molar-refractivity contribution in [3.05, 3.63) is 11.7 Å². The summed E-state index contributed by atoms with van der Waals surface area (Å²) < 4.78 is 10.6. The Bertz CT molecular complexity index is 358. The van der Waals surface area contributed by atoms with Gasteiger partial charge in [0.2, 0.25) is 5.89 Å². The Kier molecular flexibility index (Phi) is 3.79. The first-order valence-electron chi connectivity index (χ1n) is 6.29. The van der Waals surface area contributed by atoms with Crippen LogP contribution in [0, 0.1) is 0 Å². The third-order valence-corrected chi connectivity index (χ3v) is 3.81. The number of rotatable bonds is 4. The lowest BCUT2D eigenvalue weighted by Gasteiger charge is -2.32. The average molecular weight is 239 g/mol. The predicted molar refractivity (Wildman–Crippen MR) is 63.5 cm³/mol. The van der Waals surface area contributed by atoms with Gasteiger partial charge in [0.25, 0.3) is 0 Å². The van der Waals surface area contributed by atoms with Crippen LogP contribution >= 0.6 is 0 Å². The molecule has 0 aliphatic heterocycles. The van der Waals surface area contributed by atoms with Crippen LogP contribution in [-0.4, -0.2) is 23.8 Å². The van der Waals surface area contributed by atoms with Crippen molar-refractivity contribution in [2.45, 2.75) is 50.5 Å². The molecule has 0 saturated heterocycles. The van der Waals surface area contributed by atoms with Gasteiger partial charge in [-0.2, -0.15) is 4.98 Å². The lowest BCUT2D eigenvalue weighted by Crippen LogP contribution is -2.37. The average Bonchev–Trinajstić information content (AvgIpc) is 2.88. The van der Waals surface area contributed by atoms with Gasteiger partial charge in [0.1, 0.15) is 6.10 Å². The van der Waals surface area contributed by atoms with Crippen LogP contribution in [0.3, 0.4) is 0 Å². The molecule has 2 N–H and O–H groups in total. The molecule has 0 bridgehead atoms. The Morgan fingerprint density at radius 2 is 2.12 bits per heavy atom. The van der Waals surface area contributed by atoms with Crippen LogP contribution in [0.5, 0.6) is 0 Å². The minimum Gasteiger partial charge on any atom is -0.374 e. The molecule has 0 radical (unpaired) electrons. The first-order chi connectivity index (χ1) is 8.22. The summed E-state index contributed by atoms with van der Waals surface area (Å²) in [6.07, 6.45) is 5.62. The van der Waals surface area contributed by atoms with E-state index in [-0.39, 0.29) is 11.5 Å². The number of hydrogen-bond donors (Lipinski definition) is 1. The molecule has 1 fully saturated rings. The molecule has 5 heteroatoms. The van der Waals surface area contributed by atoms with E-state index in [1.807, 2.05) is 6.92 Å². The lowest BCUT2D eigenvalue weighted by atomic mass is 9.74. The first kappa shape index (κ1) is 12.5. The molecule has 1 aliphatic carbocycles. The van der Waals surface area contributed by atoms with Crippen molar-refractivity contribution in [2.75, 3.05) is 13.7 Å². The Hall–Kier alpha value is -0.940. The van der Waals surface area contributed by atoms with Crippen molar-refractivity contribution >= 4 is 0 Å². The van der Waals surface area contributed by atoms with Gasteiger partial charge < -0.3 is 15.0 Å². The van der Waals surface area contributed by atoms with Gasteiger partial charge in [-0.15, -0.1) is 0 Å².